The van der Waals surface area contributed by atoms with Gasteiger partial charge in [0.25, 0.3) is 0 Å². The molecule has 2 rings (SSSR count). The molecule has 0 radical (unpaired) electrons. The van der Waals surface area contributed by atoms with E-state index in [4.69, 9.17) is 9.47 Å². The summed E-state index contributed by atoms with van der Waals surface area (Å²) in [6.07, 6.45) is 2.95. The zero-order chi connectivity index (χ0) is 20.0. The molecule has 2 aromatic rings. The highest BCUT2D eigenvalue weighted by Gasteiger charge is 2.23. The number of nitrogens with zero attached hydrogens (tertiary/aromatic N) is 2. The summed E-state index contributed by atoms with van der Waals surface area (Å²) in [6.45, 7) is 6.74. The minimum absolute atomic E-state index is 0.174. The normalized spacial score (nSPS) is 11.0. The van der Waals surface area contributed by atoms with Gasteiger partial charge >= 0.3 is 12.1 Å². The zero-order valence-electron chi connectivity index (χ0n) is 15.9. The van der Waals surface area contributed by atoms with Gasteiger partial charge in [-0.15, -0.1) is 0 Å². The highest BCUT2D eigenvalue weighted by Crippen LogP contribution is 2.23. The van der Waals surface area contributed by atoms with Crippen LogP contribution in [0.1, 0.15) is 33.3 Å². The van der Waals surface area contributed by atoms with Crippen LogP contribution in [0.2, 0.25) is 0 Å². The van der Waals surface area contributed by atoms with Crippen LogP contribution < -0.4 is 0 Å². The summed E-state index contributed by atoms with van der Waals surface area (Å²) in [7, 11) is 0. The fraction of sp³-hybridized carbons (Fsp3) is 0.350. The number of ether oxygens (including phenoxy) is 2. The predicted octanol–water partition coefficient (Wildman–Crippen LogP) is 4.77. The molecule has 0 aliphatic carbocycles. The number of benzene rings is 1. The van der Waals surface area contributed by atoms with E-state index in [1.54, 1.807) is 33.2 Å². The number of carbonyl (C=O) groups is 2. The van der Waals surface area contributed by atoms with E-state index in [2.05, 4.69) is 20.9 Å². The maximum Gasteiger partial charge on any atom is 0.413 e. The van der Waals surface area contributed by atoms with Crippen LogP contribution in [0.5, 0.6) is 0 Å². The molecule has 0 spiro atoms. The second-order valence-electron chi connectivity index (χ2n) is 7.04. The Morgan fingerprint density at radius 1 is 1.15 bits per heavy atom. The van der Waals surface area contributed by atoms with Crippen molar-refractivity contribution >= 4 is 28.0 Å². The SMILES string of the molecule is CC(=O)OCN(Cc1cccc(-c2cncc(Br)c2)c1)C(=O)OC(C)(C)C. The van der Waals surface area contributed by atoms with E-state index in [0.29, 0.717) is 0 Å². The first kappa shape index (κ1) is 20.9. The van der Waals surface area contributed by atoms with Gasteiger partial charge in [0.05, 0.1) is 6.54 Å². The van der Waals surface area contributed by atoms with Crippen molar-refractivity contribution in [2.75, 3.05) is 6.73 Å². The standard InChI is InChI=1S/C20H23BrN2O4/c1-14(24)26-13-23(19(25)27-20(2,3)4)12-15-6-5-7-16(8-15)17-9-18(21)11-22-10-17/h5-11H,12-13H2,1-4H3. The van der Waals surface area contributed by atoms with Crippen LogP contribution in [0.15, 0.2) is 47.2 Å². The molecule has 1 aromatic carbocycles. The predicted molar refractivity (Wildman–Crippen MR) is 106 cm³/mol. The van der Waals surface area contributed by atoms with Crippen LogP contribution >= 0.6 is 15.9 Å². The van der Waals surface area contributed by atoms with Gasteiger partial charge in [-0.25, -0.2) is 4.79 Å². The Morgan fingerprint density at radius 3 is 2.52 bits per heavy atom. The fourth-order valence-corrected chi connectivity index (χ4v) is 2.66. The Kier molecular flexibility index (Phi) is 6.96. The van der Waals surface area contributed by atoms with Gasteiger partial charge in [0.15, 0.2) is 6.73 Å². The molecule has 27 heavy (non-hydrogen) atoms. The zero-order valence-corrected chi connectivity index (χ0v) is 17.4. The minimum Gasteiger partial charge on any atom is -0.444 e. The number of rotatable bonds is 5. The molecule has 0 unspecified atom stereocenters. The second-order valence-corrected chi connectivity index (χ2v) is 7.95. The number of pyridine rings is 1. The summed E-state index contributed by atoms with van der Waals surface area (Å²) < 4.78 is 11.3. The van der Waals surface area contributed by atoms with Crippen molar-refractivity contribution in [3.8, 4) is 11.1 Å². The molecule has 1 heterocycles. The highest BCUT2D eigenvalue weighted by atomic mass is 79.9. The van der Waals surface area contributed by atoms with Crippen molar-refractivity contribution in [1.29, 1.82) is 0 Å². The Labute approximate surface area is 167 Å². The van der Waals surface area contributed by atoms with E-state index in [0.717, 1.165) is 21.2 Å². The molecule has 0 N–H and O–H groups in total. The van der Waals surface area contributed by atoms with Crippen LogP contribution in [0.25, 0.3) is 11.1 Å². The van der Waals surface area contributed by atoms with E-state index < -0.39 is 17.7 Å². The summed E-state index contributed by atoms with van der Waals surface area (Å²) in [5.74, 6) is -0.461. The molecule has 1 amide bonds. The first-order chi connectivity index (χ1) is 12.6. The summed E-state index contributed by atoms with van der Waals surface area (Å²) in [4.78, 5) is 29.2. The van der Waals surface area contributed by atoms with E-state index in [9.17, 15) is 9.59 Å². The van der Waals surface area contributed by atoms with Gasteiger partial charge in [-0.2, -0.15) is 0 Å². The Bertz CT molecular complexity index is 818. The van der Waals surface area contributed by atoms with Crippen molar-refractivity contribution in [3.63, 3.8) is 0 Å². The molecule has 0 aliphatic rings. The number of aromatic nitrogens is 1. The molecule has 0 saturated carbocycles. The third-order valence-corrected chi connectivity index (χ3v) is 3.85. The van der Waals surface area contributed by atoms with Crippen LogP contribution in [-0.4, -0.2) is 34.3 Å². The number of hydrogen-bond acceptors (Lipinski definition) is 5. The van der Waals surface area contributed by atoms with Gasteiger partial charge in [0.1, 0.15) is 5.60 Å². The number of hydrogen-bond donors (Lipinski definition) is 0. The summed E-state index contributed by atoms with van der Waals surface area (Å²) in [6, 6.07) is 9.72. The molecule has 144 valence electrons. The second kappa shape index (κ2) is 8.99. The number of halogens is 1. The van der Waals surface area contributed by atoms with Crippen LogP contribution in [0.4, 0.5) is 4.79 Å². The highest BCUT2D eigenvalue weighted by molar-refractivity contribution is 9.10. The number of esters is 1. The first-order valence-electron chi connectivity index (χ1n) is 8.45. The first-order valence-corrected chi connectivity index (χ1v) is 9.24. The molecule has 6 nitrogen and oxygen atoms in total. The van der Waals surface area contributed by atoms with Gasteiger partial charge in [-0.3, -0.25) is 14.7 Å². The molecule has 0 saturated heterocycles. The minimum atomic E-state index is -0.643. The van der Waals surface area contributed by atoms with Gasteiger partial charge in [-0.1, -0.05) is 18.2 Å². The molecule has 7 heteroatoms. The maximum absolute atomic E-state index is 12.5. The van der Waals surface area contributed by atoms with Crippen LogP contribution in [0.3, 0.4) is 0 Å². The van der Waals surface area contributed by atoms with E-state index >= 15 is 0 Å². The van der Waals surface area contributed by atoms with Crippen molar-refractivity contribution in [3.05, 3.63) is 52.8 Å². The monoisotopic (exact) mass is 434 g/mol. The van der Waals surface area contributed by atoms with Gasteiger partial charge in [-0.05, 0) is 60.0 Å². The summed E-state index contributed by atoms with van der Waals surface area (Å²) in [5.41, 5.74) is 2.16. The molecular formula is C20H23BrN2O4. The van der Waals surface area contributed by atoms with Crippen molar-refractivity contribution in [2.24, 2.45) is 0 Å². The fourth-order valence-electron chi connectivity index (χ4n) is 2.30. The lowest BCUT2D eigenvalue weighted by Gasteiger charge is -2.27. The lowest BCUT2D eigenvalue weighted by atomic mass is 10.0. The average molecular weight is 435 g/mol. The smallest absolute Gasteiger partial charge is 0.413 e. The van der Waals surface area contributed by atoms with Crippen molar-refractivity contribution < 1.29 is 19.1 Å². The molecule has 0 atom stereocenters. The summed E-state index contributed by atoms with van der Waals surface area (Å²) in [5, 5.41) is 0. The lowest BCUT2D eigenvalue weighted by Crippen LogP contribution is -2.38. The maximum atomic E-state index is 12.5. The molecule has 0 aliphatic heterocycles. The largest absolute Gasteiger partial charge is 0.444 e. The number of amides is 1. The topological polar surface area (TPSA) is 68.7 Å². The van der Waals surface area contributed by atoms with E-state index in [1.807, 2.05) is 30.3 Å². The summed E-state index contributed by atoms with van der Waals surface area (Å²) >= 11 is 3.42. The average Bonchev–Trinajstić information content (AvgIpc) is 2.57. The van der Waals surface area contributed by atoms with E-state index in [1.165, 1.54) is 11.8 Å². The third kappa shape index (κ3) is 7.02. The van der Waals surface area contributed by atoms with E-state index in [-0.39, 0.29) is 13.3 Å². The molecule has 0 bridgehead atoms. The van der Waals surface area contributed by atoms with Gasteiger partial charge in [0, 0.05) is 29.4 Å². The Morgan fingerprint density at radius 2 is 1.89 bits per heavy atom. The van der Waals surface area contributed by atoms with Crippen LogP contribution in [0, 0.1) is 0 Å². The number of carbonyl (C=O) groups excluding carboxylic acids is 2. The Hall–Kier alpha value is -2.41. The van der Waals surface area contributed by atoms with Gasteiger partial charge in [0.2, 0.25) is 0 Å². The van der Waals surface area contributed by atoms with Crippen LogP contribution in [-0.2, 0) is 20.8 Å². The van der Waals surface area contributed by atoms with Crippen molar-refractivity contribution in [2.45, 2.75) is 39.8 Å². The quantitative estimate of drug-likeness (QED) is 0.500. The molecule has 0 fully saturated rings. The van der Waals surface area contributed by atoms with Crippen molar-refractivity contribution in [1.82, 2.24) is 9.88 Å². The molecular weight excluding hydrogens is 412 g/mol. The Balaban J connectivity index is 2.22. The molecule has 1 aromatic heterocycles. The van der Waals surface area contributed by atoms with Gasteiger partial charge < -0.3 is 9.47 Å². The third-order valence-electron chi connectivity index (χ3n) is 3.41. The lowest BCUT2D eigenvalue weighted by molar-refractivity contribution is -0.145.